The van der Waals surface area contributed by atoms with Gasteiger partial charge in [-0.05, 0) is 65.1 Å². The Kier molecular flexibility index (Phi) is 6.09. The fourth-order valence-electron chi connectivity index (χ4n) is 2.38. The lowest BCUT2D eigenvalue weighted by Gasteiger charge is -2.27. The van der Waals surface area contributed by atoms with Gasteiger partial charge in [-0.1, -0.05) is 6.92 Å². The third-order valence-electron chi connectivity index (χ3n) is 3.84. The highest BCUT2D eigenvalue weighted by Gasteiger charge is 2.29. The van der Waals surface area contributed by atoms with E-state index in [1.165, 1.54) is 19.4 Å². The minimum atomic E-state index is -0.538. The summed E-state index contributed by atoms with van der Waals surface area (Å²) in [5, 5.41) is 3.20. The second kappa shape index (κ2) is 7.10. The summed E-state index contributed by atoms with van der Waals surface area (Å²) in [6, 6.07) is 0. The Balaban J connectivity index is 2.15. The van der Waals surface area contributed by atoms with Crippen LogP contribution in [0.15, 0.2) is 0 Å². The summed E-state index contributed by atoms with van der Waals surface area (Å²) in [5.74, 6) is 0.711. The van der Waals surface area contributed by atoms with Crippen LogP contribution in [-0.2, 0) is 4.79 Å². The SMILES string of the molecule is CCNC(C)(CCCCN(C)CC1CC1)C(N)=O. The summed E-state index contributed by atoms with van der Waals surface area (Å²) in [5.41, 5.74) is 4.92. The number of carbonyl (C=O) groups is 1. The van der Waals surface area contributed by atoms with Crippen molar-refractivity contribution in [2.75, 3.05) is 26.7 Å². The molecule has 1 saturated carbocycles. The molecule has 0 bridgehead atoms. The summed E-state index contributed by atoms with van der Waals surface area (Å²) in [4.78, 5) is 13.9. The molecule has 0 heterocycles. The summed E-state index contributed by atoms with van der Waals surface area (Å²) in [6.07, 6.45) is 5.82. The molecule has 0 aromatic carbocycles. The number of hydrogen-bond acceptors (Lipinski definition) is 3. The van der Waals surface area contributed by atoms with Gasteiger partial charge in [-0.3, -0.25) is 4.79 Å². The molecule has 4 heteroatoms. The molecule has 0 aliphatic heterocycles. The Morgan fingerprint density at radius 2 is 2.11 bits per heavy atom. The van der Waals surface area contributed by atoms with E-state index in [4.69, 9.17) is 5.73 Å². The lowest BCUT2D eigenvalue weighted by Crippen LogP contribution is -2.53. The first kappa shape index (κ1) is 15.4. The highest BCUT2D eigenvalue weighted by molar-refractivity contribution is 5.84. The molecule has 0 radical (unpaired) electrons. The van der Waals surface area contributed by atoms with Gasteiger partial charge in [0.25, 0.3) is 0 Å². The van der Waals surface area contributed by atoms with E-state index in [9.17, 15) is 4.79 Å². The van der Waals surface area contributed by atoms with Gasteiger partial charge < -0.3 is 16.0 Å². The van der Waals surface area contributed by atoms with Crippen LogP contribution >= 0.6 is 0 Å². The van der Waals surface area contributed by atoms with E-state index in [0.717, 1.165) is 38.3 Å². The largest absolute Gasteiger partial charge is 0.368 e. The quantitative estimate of drug-likeness (QED) is 0.579. The molecular weight excluding hydrogens is 226 g/mol. The van der Waals surface area contributed by atoms with Crippen molar-refractivity contribution >= 4 is 5.91 Å². The number of primary amides is 1. The van der Waals surface area contributed by atoms with E-state index in [-0.39, 0.29) is 5.91 Å². The zero-order valence-electron chi connectivity index (χ0n) is 12.2. The molecule has 1 atom stereocenters. The van der Waals surface area contributed by atoms with Crippen LogP contribution in [0.5, 0.6) is 0 Å². The highest BCUT2D eigenvalue weighted by atomic mass is 16.1. The fraction of sp³-hybridized carbons (Fsp3) is 0.929. The molecule has 1 aliphatic carbocycles. The first-order valence-corrected chi connectivity index (χ1v) is 7.21. The van der Waals surface area contributed by atoms with E-state index < -0.39 is 5.54 Å². The summed E-state index contributed by atoms with van der Waals surface area (Å²) in [7, 11) is 2.19. The van der Waals surface area contributed by atoms with E-state index >= 15 is 0 Å². The number of nitrogens with zero attached hydrogens (tertiary/aromatic N) is 1. The van der Waals surface area contributed by atoms with Crippen molar-refractivity contribution in [3.05, 3.63) is 0 Å². The molecule has 1 amide bonds. The average Bonchev–Trinajstić information content (AvgIpc) is 3.08. The van der Waals surface area contributed by atoms with Crippen molar-refractivity contribution in [1.29, 1.82) is 0 Å². The Hall–Kier alpha value is -0.610. The molecular formula is C14H29N3O. The van der Waals surface area contributed by atoms with Gasteiger partial charge in [-0.2, -0.15) is 0 Å². The number of nitrogens with two attached hydrogens (primary N) is 1. The number of carbonyl (C=O) groups excluding carboxylic acids is 1. The van der Waals surface area contributed by atoms with Crippen molar-refractivity contribution in [3.63, 3.8) is 0 Å². The predicted molar refractivity (Wildman–Crippen MR) is 75.3 cm³/mol. The Bertz CT molecular complexity index is 266. The van der Waals surface area contributed by atoms with Crippen molar-refractivity contribution in [2.45, 2.75) is 51.5 Å². The number of hydrogen-bond donors (Lipinski definition) is 2. The Labute approximate surface area is 111 Å². The summed E-state index contributed by atoms with van der Waals surface area (Å²) in [6.45, 7) is 7.05. The molecule has 1 unspecified atom stereocenters. The predicted octanol–water partition coefficient (Wildman–Crippen LogP) is 1.35. The number of amides is 1. The van der Waals surface area contributed by atoms with Crippen molar-refractivity contribution in [2.24, 2.45) is 11.7 Å². The summed E-state index contributed by atoms with van der Waals surface area (Å²) >= 11 is 0. The third-order valence-corrected chi connectivity index (χ3v) is 3.84. The van der Waals surface area contributed by atoms with Crippen LogP contribution < -0.4 is 11.1 Å². The van der Waals surface area contributed by atoms with Gasteiger partial charge in [0, 0.05) is 6.54 Å². The van der Waals surface area contributed by atoms with E-state index in [1.54, 1.807) is 0 Å². The number of likely N-dealkylation sites (N-methyl/N-ethyl adjacent to an activating group) is 1. The lowest BCUT2D eigenvalue weighted by molar-refractivity contribution is -0.124. The molecule has 1 fully saturated rings. The van der Waals surface area contributed by atoms with Gasteiger partial charge in [-0.25, -0.2) is 0 Å². The maximum Gasteiger partial charge on any atom is 0.237 e. The van der Waals surface area contributed by atoms with E-state index in [0.29, 0.717) is 0 Å². The van der Waals surface area contributed by atoms with E-state index in [2.05, 4.69) is 17.3 Å². The molecule has 0 saturated heterocycles. The minimum absolute atomic E-state index is 0.240. The highest BCUT2D eigenvalue weighted by Crippen LogP contribution is 2.29. The molecule has 0 aromatic heterocycles. The molecule has 106 valence electrons. The summed E-state index contributed by atoms with van der Waals surface area (Å²) < 4.78 is 0. The van der Waals surface area contributed by atoms with Crippen molar-refractivity contribution < 1.29 is 4.79 Å². The van der Waals surface area contributed by atoms with E-state index in [1.807, 2.05) is 13.8 Å². The standard InChI is InChI=1S/C14H29N3O/c1-4-16-14(2,13(15)18)9-5-6-10-17(3)11-12-7-8-12/h12,16H,4-11H2,1-3H3,(H2,15,18). The zero-order valence-corrected chi connectivity index (χ0v) is 12.2. The Morgan fingerprint density at radius 3 is 2.61 bits per heavy atom. The molecule has 0 aromatic rings. The smallest absolute Gasteiger partial charge is 0.237 e. The van der Waals surface area contributed by atoms with Crippen LogP contribution in [0.2, 0.25) is 0 Å². The molecule has 3 N–H and O–H groups in total. The number of unbranched alkanes of at least 4 members (excludes halogenated alkanes) is 1. The molecule has 1 rings (SSSR count). The van der Waals surface area contributed by atoms with Gasteiger partial charge in [0.1, 0.15) is 0 Å². The Morgan fingerprint density at radius 1 is 1.44 bits per heavy atom. The first-order valence-electron chi connectivity index (χ1n) is 7.21. The average molecular weight is 255 g/mol. The second-order valence-corrected chi connectivity index (χ2v) is 5.89. The minimum Gasteiger partial charge on any atom is -0.368 e. The third kappa shape index (κ3) is 5.36. The number of rotatable bonds is 10. The molecule has 1 aliphatic rings. The monoisotopic (exact) mass is 255 g/mol. The van der Waals surface area contributed by atoms with Gasteiger partial charge in [0.2, 0.25) is 5.91 Å². The zero-order chi connectivity index (χ0) is 13.6. The van der Waals surface area contributed by atoms with Crippen LogP contribution in [0, 0.1) is 5.92 Å². The van der Waals surface area contributed by atoms with Crippen LogP contribution in [-0.4, -0.2) is 43.0 Å². The lowest BCUT2D eigenvalue weighted by atomic mass is 9.94. The molecule has 4 nitrogen and oxygen atoms in total. The fourth-order valence-corrected chi connectivity index (χ4v) is 2.38. The van der Waals surface area contributed by atoms with Crippen molar-refractivity contribution in [3.8, 4) is 0 Å². The van der Waals surface area contributed by atoms with Gasteiger partial charge in [-0.15, -0.1) is 0 Å². The van der Waals surface area contributed by atoms with Gasteiger partial charge in [0.15, 0.2) is 0 Å². The van der Waals surface area contributed by atoms with Crippen LogP contribution in [0.4, 0.5) is 0 Å². The van der Waals surface area contributed by atoms with Crippen molar-refractivity contribution in [1.82, 2.24) is 10.2 Å². The maximum absolute atomic E-state index is 11.4. The first-order chi connectivity index (χ1) is 8.48. The van der Waals surface area contributed by atoms with Crippen LogP contribution in [0.1, 0.15) is 46.0 Å². The molecule has 0 spiro atoms. The normalized spacial score (nSPS) is 18.9. The maximum atomic E-state index is 11.4. The van der Waals surface area contributed by atoms with Gasteiger partial charge >= 0.3 is 0 Å². The van der Waals surface area contributed by atoms with Gasteiger partial charge in [0.05, 0.1) is 5.54 Å². The van der Waals surface area contributed by atoms with Crippen LogP contribution in [0.3, 0.4) is 0 Å². The number of nitrogens with one attached hydrogen (secondary N) is 1. The molecule has 18 heavy (non-hydrogen) atoms. The second-order valence-electron chi connectivity index (χ2n) is 5.89. The van der Waals surface area contributed by atoms with Crippen LogP contribution in [0.25, 0.3) is 0 Å². The topological polar surface area (TPSA) is 58.4 Å².